The molecule has 0 bridgehead atoms. The molecule has 5 heteroatoms. The maximum Gasteiger partial charge on any atom is 0.233 e. The number of carbonyl (C=O) groups is 1. The Labute approximate surface area is 103 Å². The molecule has 0 saturated heterocycles. The smallest absolute Gasteiger partial charge is 0.233 e. The standard InChI is InChI=1S/C12H16FNO2S/c1-9(2)7-14-12(15)8-17(16)11-6-4-3-5-10(11)13/h3-6,9H,7-8H2,1-2H3,(H,14,15). The van der Waals surface area contributed by atoms with Crippen LogP contribution >= 0.6 is 0 Å². The van der Waals surface area contributed by atoms with Crippen LogP contribution in [0.3, 0.4) is 0 Å². The predicted octanol–water partition coefficient (Wildman–Crippen LogP) is 1.71. The molecule has 1 unspecified atom stereocenters. The van der Waals surface area contributed by atoms with Crippen LogP contribution in [0.4, 0.5) is 4.39 Å². The third-order valence-corrected chi connectivity index (χ3v) is 3.40. The van der Waals surface area contributed by atoms with Crippen molar-refractivity contribution in [2.45, 2.75) is 18.7 Å². The van der Waals surface area contributed by atoms with Crippen molar-refractivity contribution in [3.05, 3.63) is 30.1 Å². The van der Waals surface area contributed by atoms with Crippen molar-refractivity contribution < 1.29 is 13.4 Å². The summed E-state index contributed by atoms with van der Waals surface area (Å²) in [4.78, 5) is 11.5. The number of nitrogens with one attached hydrogen (secondary N) is 1. The highest BCUT2D eigenvalue weighted by Crippen LogP contribution is 2.11. The molecule has 0 aliphatic heterocycles. The number of rotatable bonds is 5. The van der Waals surface area contributed by atoms with Gasteiger partial charge in [0.2, 0.25) is 5.91 Å². The maximum absolute atomic E-state index is 13.3. The van der Waals surface area contributed by atoms with Crippen LogP contribution in [0, 0.1) is 11.7 Å². The first-order valence-electron chi connectivity index (χ1n) is 5.40. The zero-order chi connectivity index (χ0) is 12.8. The number of amides is 1. The van der Waals surface area contributed by atoms with Gasteiger partial charge in [-0.25, -0.2) is 4.39 Å². The summed E-state index contributed by atoms with van der Waals surface area (Å²) >= 11 is 0. The van der Waals surface area contributed by atoms with Gasteiger partial charge in [-0.3, -0.25) is 9.00 Å². The summed E-state index contributed by atoms with van der Waals surface area (Å²) in [5, 5.41) is 2.65. The van der Waals surface area contributed by atoms with Crippen LogP contribution in [0.2, 0.25) is 0 Å². The molecule has 1 aromatic carbocycles. The van der Waals surface area contributed by atoms with Crippen LogP contribution in [-0.4, -0.2) is 22.4 Å². The molecular weight excluding hydrogens is 241 g/mol. The molecule has 0 heterocycles. The average molecular weight is 257 g/mol. The molecule has 1 aromatic rings. The molecule has 17 heavy (non-hydrogen) atoms. The third kappa shape index (κ3) is 4.65. The minimum absolute atomic E-state index is 0.0761. The fourth-order valence-electron chi connectivity index (χ4n) is 1.20. The molecule has 94 valence electrons. The van der Waals surface area contributed by atoms with E-state index in [4.69, 9.17) is 0 Å². The topological polar surface area (TPSA) is 46.2 Å². The molecule has 0 saturated carbocycles. The van der Waals surface area contributed by atoms with E-state index in [0.717, 1.165) is 0 Å². The summed E-state index contributed by atoms with van der Waals surface area (Å²) in [6.07, 6.45) is 0. The van der Waals surface area contributed by atoms with Crippen LogP contribution in [0.25, 0.3) is 0 Å². The highest BCUT2D eigenvalue weighted by Gasteiger charge is 2.13. The zero-order valence-corrected chi connectivity index (χ0v) is 10.7. The van der Waals surface area contributed by atoms with E-state index < -0.39 is 16.6 Å². The van der Waals surface area contributed by atoms with Gasteiger partial charge in [-0.1, -0.05) is 26.0 Å². The van der Waals surface area contributed by atoms with Gasteiger partial charge in [-0.2, -0.15) is 0 Å². The summed E-state index contributed by atoms with van der Waals surface area (Å²) in [6.45, 7) is 4.47. The van der Waals surface area contributed by atoms with Gasteiger partial charge in [0.1, 0.15) is 11.6 Å². The summed E-state index contributed by atoms with van der Waals surface area (Å²) in [6, 6.07) is 5.79. The summed E-state index contributed by atoms with van der Waals surface area (Å²) in [5.41, 5.74) is 0. The van der Waals surface area contributed by atoms with Gasteiger partial charge in [0.05, 0.1) is 15.7 Å². The summed E-state index contributed by atoms with van der Waals surface area (Å²) in [5.74, 6) is -0.725. The lowest BCUT2D eigenvalue weighted by atomic mass is 10.2. The molecular formula is C12H16FNO2S. The number of hydrogen-bond donors (Lipinski definition) is 1. The largest absolute Gasteiger partial charge is 0.355 e. The quantitative estimate of drug-likeness (QED) is 0.872. The van der Waals surface area contributed by atoms with Crippen molar-refractivity contribution in [3.63, 3.8) is 0 Å². The Balaban J connectivity index is 2.55. The molecule has 0 aliphatic carbocycles. The number of hydrogen-bond acceptors (Lipinski definition) is 2. The van der Waals surface area contributed by atoms with Crippen molar-refractivity contribution in [2.75, 3.05) is 12.3 Å². The van der Waals surface area contributed by atoms with Crippen LogP contribution in [0.1, 0.15) is 13.8 Å². The minimum atomic E-state index is -1.63. The fourth-order valence-corrected chi connectivity index (χ4v) is 2.21. The van der Waals surface area contributed by atoms with Crippen LogP contribution in [0.5, 0.6) is 0 Å². The Kier molecular flexibility index (Phi) is 5.28. The van der Waals surface area contributed by atoms with Gasteiger partial charge in [0.15, 0.2) is 0 Å². The molecule has 0 radical (unpaired) electrons. The second-order valence-electron chi connectivity index (χ2n) is 4.12. The lowest BCUT2D eigenvalue weighted by molar-refractivity contribution is -0.118. The van der Waals surface area contributed by atoms with E-state index in [-0.39, 0.29) is 16.6 Å². The molecule has 0 aliphatic rings. The van der Waals surface area contributed by atoms with Gasteiger partial charge >= 0.3 is 0 Å². The van der Waals surface area contributed by atoms with E-state index in [0.29, 0.717) is 12.5 Å². The van der Waals surface area contributed by atoms with Crippen molar-refractivity contribution >= 4 is 16.7 Å². The van der Waals surface area contributed by atoms with Gasteiger partial charge in [0.25, 0.3) is 0 Å². The van der Waals surface area contributed by atoms with Crippen LogP contribution < -0.4 is 5.32 Å². The lowest BCUT2D eigenvalue weighted by Gasteiger charge is -2.07. The zero-order valence-electron chi connectivity index (χ0n) is 9.90. The Morgan fingerprint density at radius 3 is 2.65 bits per heavy atom. The fraction of sp³-hybridized carbons (Fsp3) is 0.417. The second kappa shape index (κ2) is 6.49. The summed E-state index contributed by atoms with van der Waals surface area (Å²) < 4.78 is 25.0. The molecule has 1 rings (SSSR count). The molecule has 0 fully saturated rings. The van der Waals surface area contributed by atoms with Crippen molar-refractivity contribution in [3.8, 4) is 0 Å². The van der Waals surface area contributed by atoms with E-state index in [1.54, 1.807) is 6.07 Å². The number of carbonyl (C=O) groups excluding carboxylic acids is 1. The average Bonchev–Trinajstić information content (AvgIpc) is 2.26. The minimum Gasteiger partial charge on any atom is -0.355 e. The number of benzene rings is 1. The van der Waals surface area contributed by atoms with Gasteiger partial charge in [-0.05, 0) is 18.1 Å². The normalized spacial score (nSPS) is 12.5. The summed E-state index contributed by atoms with van der Waals surface area (Å²) in [7, 11) is -1.63. The van der Waals surface area contributed by atoms with Gasteiger partial charge < -0.3 is 5.32 Å². The predicted molar refractivity (Wildman–Crippen MR) is 65.5 cm³/mol. The van der Waals surface area contributed by atoms with Gasteiger partial charge in [-0.15, -0.1) is 0 Å². The van der Waals surface area contributed by atoms with Crippen LogP contribution in [-0.2, 0) is 15.6 Å². The van der Waals surface area contributed by atoms with E-state index in [2.05, 4.69) is 5.32 Å². The molecule has 1 amide bonds. The Hall–Kier alpha value is -1.23. The van der Waals surface area contributed by atoms with Crippen LogP contribution in [0.15, 0.2) is 29.2 Å². The molecule has 0 aromatic heterocycles. The second-order valence-corrected chi connectivity index (χ2v) is 5.54. The first-order valence-corrected chi connectivity index (χ1v) is 6.72. The maximum atomic E-state index is 13.3. The highest BCUT2D eigenvalue weighted by atomic mass is 32.2. The lowest BCUT2D eigenvalue weighted by Crippen LogP contribution is -2.31. The third-order valence-electron chi connectivity index (χ3n) is 2.05. The van der Waals surface area contributed by atoms with Crippen molar-refractivity contribution in [1.29, 1.82) is 0 Å². The SMILES string of the molecule is CC(C)CNC(=O)CS(=O)c1ccccc1F. The van der Waals surface area contributed by atoms with Crippen molar-refractivity contribution in [2.24, 2.45) is 5.92 Å². The monoisotopic (exact) mass is 257 g/mol. The molecule has 0 spiro atoms. The molecule has 1 N–H and O–H groups in total. The van der Waals surface area contributed by atoms with Crippen molar-refractivity contribution in [1.82, 2.24) is 5.32 Å². The first-order chi connectivity index (χ1) is 8.00. The Morgan fingerprint density at radius 2 is 2.06 bits per heavy atom. The van der Waals surface area contributed by atoms with E-state index in [9.17, 15) is 13.4 Å². The van der Waals surface area contributed by atoms with E-state index in [1.807, 2.05) is 13.8 Å². The number of halogens is 1. The highest BCUT2D eigenvalue weighted by molar-refractivity contribution is 7.85. The van der Waals surface area contributed by atoms with E-state index >= 15 is 0 Å². The Bertz CT molecular complexity index is 421. The first kappa shape index (κ1) is 13.8. The molecule has 1 atom stereocenters. The van der Waals surface area contributed by atoms with Gasteiger partial charge in [0, 0.05) is 6.54 Å². The molecule has 3 nitrogen and oxygen atoms in total. The van der Waals surface area contributed by atoms with E-state index in [1.165, 1.54) is 18.2 Å². The Morgan fingerprint density at radius 1 is 1.41 bits per heavy atom.